The molecule has 1 aromatic carbocycles. The van der Waals surface area contributed by atoms with E-state index in [0.29, 0.717) is 11.1 Å². The molecule has 1 N–H and O–H groups in total. The number of Topliss-reactive ketones (excluding diaryl/α,β-unsaturated/α-hetero) is 1. The number of nitrogens with one attached hydrogen (secondary N) is 1. The Morgan fingerprint density at radius 3 is 2.17 bits per heavy atom. The molecule has 0 saturated heterocycles. The molecule has 0 aliphatic heterocycles. The molecule has 1 saturated carbocycles. The molecule has 0 radical (unpaired) electrons. The van der Waals surface area contributed by atoms with E-state index in [9.17, 15) is 9.18 Å². The lowest BCUT2D eigenvalue weighted by atomic mass is 9.73. The monoisotopic (exact) mass is 744 g/mol. The number of allylic oxidation sites excluding steroid dienone is 5. The van der Waals surface area contributed by atoms with Crippen LogP contribution < -0.4 is 16.0 Å². The first-order valence-electron chi connectivity index (χ1n) is 20.8. The van der Waals surface area contributed by atoms with Crippen LogP contribution in [0.5, 0.6) is 0 Å². The molecule has 3 rings (SSSR count). The SMILES string of the molecule is C=C/C(F)=C(\C=C/C)N/C(C)=c1/c(=C\C(=C)c2ccc(C(C)(C)C(=O)C(C)CC)c(C)c2)ncn1C(C)C.CCCC(C)(C)CC.CCCC1CC(C)C1. The van der Waals surface area contributed by atoms with Crippen molar-refractivity contribution in [3.63, 3.8) is 0 Å². The molecule has 5 heteroatoms. The highest BCUT2D eigenvalue weighted by Crippen LogP contribution is 2.36. The zero-order chi connectivity index (χ0) is 41.4. The predicted octanol–water partition coefficient (Wildman–Crippen LogP) is 12.9. The minimum absolute atomic E-state index is 0.0121. The summed E-state index contributed by atoms with van der Waals surface area (Å²) >= 11 is 0. The van der Waals surface area contributed by atoms with Gasteiger partial charge in [-0.25, -0.2) is 9.37 Å². The van der Waals surface area contributed by atoms with Gasteiger partial charge in [0.1, 0.15) is 11.6 Å². The third-order valence-electron chi connectivity index (χ3n) is 11.1. The van der Waals surface area contributed by atoms with Crippen LogP contribution in [0.2, 0.25) is 0 Å². The normalized spacial score (nSPS) is 17.8. The Hall–Kier alpha value is -3.47. The van der Waals surface area contributed by atoms with Crippen LogP contribution in [0.15, 0.2) is 67.4 Å². The van der Waals surface area contributed by atoms with Crippen molar-refractivity contribution in [2.24, 2.45) is 23.2 Å². The average molecular weight is 744 g/mol. The third-order valence-corrected chi connectivity index (χ3v) is 11.1. The van der Waals surface area contributed by atoms with Crippen molar-refractivity contribution in [1.82, 2.24) is 14.9 Å². The molecule has 1 heterocycles. The minimum atomic E-state index is -0.567. The molecule has 0 bridgehead atoms. The van der Waals surface area contributed by atoms with E-state index < -0.39 is 11.2 Å². The van der Waals surface area contributed by atoms with E-state index >= 15 is 0 Å². The predicted molar refractivity (Wildman–Crippen MR) is 235 cm³/mol. The lowest BCUT2D eigenvalue weighted by Crippen LogP contribution is -2.36. The second-order valence-electron chi connectivity index (χ2n) is 17.2. The van der Waals surface area contributed by atoms with Crippen LogP contribution in [0.3, 0.4) is 0 Å². The van der Waals surface area contributed by atoms with Crippen LogP contribution in [0.4, 0.5) is 4.39 Å². The number of imidazole rings is 1. The lowest BCUT2D eigenvalue weighted by molar-refractivity contribution is -0.127. The molecule has 1 atom stereocenters. The van der Waals surface area contributed by atoms with Crippen LogP contribution in [0, 0.1) is 30.1 Å². The number of hydrogen-bond donors (Lipinski definition) is 1. The number of rotatable bonds is 16. The van der Waals surface area contributed by atoms with Crippen molar-refractivity contribution in [2.45, 2.75) is 167 Å². The maximum absolute atomic E-state index is 14.4. The van der Waals surface area contributed by atoms with E-state index in [-0.39, 0.29) is 17.7 Å². The van der Waals surface area contributed by atoms with E-state index in [1.165, 1.54) is 51.0 Å². The van der Waals surface area contributed by atoms with Gasteiger partial charge in [0.15, 0.2) is 0 Å². The van der Waals surface area contributed by atoms with Gasteiger partial charge in [0.25, 0.3) is 0 Å². The van der Waals surface area contributed by atoms with Gasteiger partial charge in [-0.1, -0.05) is 119 Å². The van der Waals surface area contributed by atoms with E-state index in [1.807, 2.05) is 66.7 Å². The number of hydrogen-bond acceptors (Lipinski definition) is 3. The van der Waals surface area contributed by atoms with Gasteiger partial charge in [-0.15, -0.1) is 0 Å². The summed E-state index contributed by atoms with van der Waals surface area (Å²) in [5, 5.41) is 4.79. The third kappa shape index (κ3) is 14.3. The standard InChI is InChI=1S/C33H44FN3O.C8H16.C8H18/c1-12-15-29(28(34)14-3)36-25(9)31-30(35-20-37(31)21(4)5)19-23(7)26-16-17-27(24(8)18-26)33(10,11)32(38)22(6)13-2;1-3-4-8-5-7(2)6-8;1-5-7-8(3,4)6-2/h12,14-22,36H,3,7,13H2,1-2,4-6,8-11H3;7-8H,3-6H2,1-2H3;5-7H2,1-4H3/b15-12-,29-28-,30-19+,31-25-;;. The number of halogens is 1. The molecule has 1 aliphatic rings. The van der Waals surface area contributed by atoms with E-state index in [4.69, 9.17) is 0 Å². The molecule has 0 amide bonds. The number of ketones is 1. The number of benzene rings is 1. The van der Waals surface area contributed by atoms with Crippen LogP contribution >= 0.6 is 0 Å². The summed E-state index contributed by atoms with van der Waals surface area (Å²) < 4.78 is 16.5. The first kappa shape index (κ1) is 48.5. The second kappa shape index (κ2) is 22.8. The van der Waals surface area contributed by atoms with Gasteiger partial charge < -0.3 is 9.88 Å². The van der Waals surface area contributed by atoms with Crippen LogP contribution in [-0.4, -0.2) is 15.3 Å². The Morgan fingerprint density at radius 1 is 1.09 bits per heavy atom. The molecule has 1 aliphatic carbocycles. The van der Waals surface area contributed by atoms with Crippen molar-refractivity contribution >= 4 is 23.1 Å². The molecule has 0 spiro atoms. The molecule has 1 fully saturated rings. The summed E-state index contributed by atoms with van der Waals surface area (Å²) in [6, 6.07) is 6.30. The highest BCUT2D eigenvalue weighted by molar-refractivity contribution is 5.92. The Kier molecular flexibility index (Phi) is 20.5. The minimum Gasteiger partial charge on any atom is -0.355 e. The Bertz CT molecular complexity index is 1690. The quantitative estimate of drug-likeness (QED) is 0.174. The van der Waals surface area contributed by atoms with Gasteiger partial charge >= 0.3 is 0 Å². The van der Waals surface area contributed by atoms with Crippen molar-refractivity contribution in [3.05, 3.63) is 94.8 Å². The smallest absolute Gasteiger partial charge is 0.146 e. The van der Waals surface area contributed by atoms with Gasteiger partial charge in [0.05, 0.1) is 22.7 Å². The summed E-state index contributed by atoms with van der Waals surface area (Å²) in [6.07, 6.45) is 19.1. The van der Waals surface area contributed by atoms with Crippen LogP contribution in [-0.2, 0) is 10.2 Å². The van der Waals surface area contributed by atoms with E-state index in [2.05, 4.69) is 89.5 Å². The van der Waals surface area contributed by atoms with E-state index in [1.54, 1.807) is 18.5 Å². The summed E-state index contributed by atoms with van der Waals surface area (Å²) in [5.41, 5.74) is 4.97. The zero-order valence-electron chi connectivity index (χ0n) is 37.2. The number of aromatic nitrogens is 2. The number of carbonyl (C=O) groups is 1. The average Bonchev–Trinajstić information content (AvgIpc) is 3.54. The van der Waals surface area contributed by atoms with Gasteiger partial charge in [0.2, 0.25) is 0 Å². The lowest BCUT2D eigenvalue weighted by Gasteiger charge is -2.32. The molecular weight excluding hydrogens is 666 g/mol. The first-order valence-corrected chi connectivity index (χ1v) is 20.8. The van der Waals surface area contributed by atoms with Crippen LogP contribution in [0.1, 0.15) is 171 Å². The highest BCUT2D eigenvalue weighted by atomic mass is 19.1. The molecule has 1 aromatic heterocycles. The number of carbonyl (C=O) groups excluding carboxylic acids is 1. The zero-order valence-corrected chi connectivity index (χ0v) is 37.2. The fourth-order valence-electron chi connectivity index (χ4n) is 7.29. The van der Waals surface area contributed by atoms with Gasteiger partial charge in [0, 0.05) is 23.1 Å². The second-order valence-corrected chi connectivity index (χ2v) is 17.2. The molecule has 4 nitrogen and oxygen atoms in total. The largest absolute Gasteiger partial charge is 0.355 e. The van der Waals surface area contributed by atoms with Crippen molar-refractivity contribution in [2.75, 3.05) is 0 Å². The molecule has 1 unspecified atom stereocenters. The maximum atomic E-state index is 14.4. The topological polar surface area (TPSA) is 46.9 Å². The van der Waals surface area contributed by atoms with Gasteiger partial charge in [-0.2, -0.15) is 0 Å². The molecular formula is C49H78FN3O. The van der Waals surface area contributed by atoms with Crippen LogP contribution in [0.25, 0.3) is 17.3 Å². The Morgan fingerprint density at radius 2 is 1.72 bits per heavy atom. The van der Waals surface area contributed by atoms with Gasteiger partial charge in [-0.3, -0.25) is 4.79 Å². The number of aryl methyl sites for hydroxylation is 1. The summed E-state index contributed by atoms with van der Waals surface area (Å²) in [7, 11) is 0. The summed E-state index contributed by atoms with van der Waals surface area (Å²) in [5.74, 6) is 1.99. The Balaban J connectivity index is 0.000000746. The van der Waals surface area contributed by atoms with Crippen molar-refractivity contribution in [1.29, 1.82) is 0 Å². The van der Waals surface area contributed by atoms with E-state index in [0.717, 1.165) is 56.9 Å². The first-order chi connectivity index (χ1) is 25.2. The molecule has 2 aromatic rings. The maximum Gasteiger partial charge on any atom is 0.146 e. The van der Waals surface area contributed by atoms with Crippen molar-refractivity contribution in [3.8, 4) is 0 Å². The number of nitrogens with zero attached hydrogens (tertiary/aromatic N) is 2. The fourth-order valence-corrected chi connectivity index (χ4v) is 7.29. The van der Waals surface area contributed by atoms with Gasteiger partial charge in [-0.05, 0) is 132 Å². The summed E-state index contributed by atoms with van der Waals surface area (Å²) in [4.78, 5) is 17.7. The summed E-state index contributed by atoms with van der Waals surface area (Å²) in [6.45, 7) is 39.7. The Labute approximate surface area is 330 Å². The molecule has 54 heavy (non-hydrogen) atoms. The van der Waals surface area contributed by atoms with Crippen molar-refractivity contribution < 1.29 is 9.18 Å². The highest BCUT2D eigenvalue weighted by Gasteiger charge is 2.33. The fraction of sp³-hybridized carbons (Fsp3) is 0.592. The molecule has 302 valence electrons.